The van der Waals surface area contributed by atoms with Crippen LogP contribution in [0.15, 0.2) is 29.2 Å². The molecule has 1 aromatic rings. The lowest BCUT2D eigenvalue weighted by Gasteiger charge is -2.30. The van der Waals surface area contributed by atoms with E-state index in [2.05, 4.69) is 10.0 Å². The fourth-order valence-electron chi connectivity index (χ4n) is 1.68. The summed E-state index contributed by atoms with van der Waals surface area (Å²) >= 11 is 0. The van der Waals surface area contributed by atoms with Crippen molar-refractivity contribution in [2.75, 3.05) is 18.4 Å². The van der Waals surface area contributed by atoms with E-state index in [-0.39, 0.29) is 10.4 Å². The smallest absolute Gasteiger partial charge is 0.242 e. The molecule has 0 saturated heterocycles. The molecule has 1 aromatic carbocycles. The number of benzene rings is 1. The van der Waals surface area contributed by atoms with Crippen molar-refractivity contribution in [1.29, 1.82) is 0 Å². The minimum absolute atomic E-state index is 0.255. The second-order valence-corrected chi connectivity index (χ2v) is 6.48. The van der Waals surface area contributed by atoms with Gasteiger partial charge in [-0.2, -0.15) is 0 Å². The lowest BCUT2D eigenvalue weighted by atomic mass is 9.99. The Kier molecular flexibility index (Phi) is 5.34. The summed E-state index contributed by atoms with van der Waals surface area (Å²) in [5.74, 6) is 0. The Hall–Kier alpha value is -1.11. The van der Waals surface area contributed by atoms with E-state index in [1.54, 1.807) is 31.2 Å². The van der Waals surface area contributed by atoms with Crippen molar-refractivity contribution in [2.45, 2.75) is 37.6 Å². The molecule has 4 N–H and O–H groups in total. The highest BCUT2D eigenvalue weighted by molar-refractivity contribution is 7.89. The number of rotatable bonds is 7. The predicted molar refractivity (Wildman–Crippen MR) is 78.7 cm³/mol. The van der Waals surface area contributed by atoms with Crippen LogP contribution in [-0.2, 0) is 10.0 Å². The number of nitrogens with two attached hydrogens (primary N) is 1. The fraction of sp³-hybridized carbons (Fsp3) is 0.538. The molecular formula is C13H23N3O2S. The van der Waals surface area contributed by atoms with Crippen LogP contribution in [0.1, 0.15) is 27.2 Å². The molecule has 0 spiro atoms. The van der Waals surface area contributed by atoms with E-state index in [0.29, 0.717) is 18.8 Å². The van der Waals surface area contributed by atoms with Crippen molar-refractivity contribution < 1.29 is 8.42 Å². The number of anilines is 1. The zero-order valence-corrected chi connectivity index (χ0v) is 12.5. The van der Waals surface area contributed by atoms with E-state index in [0.717, 1.165) is 6.42 Å². The minimum atomic E-state index is -3.48. The van der Waals surface area contributed by atoms with Gasteiger partial charge in [0.05, 0.1) is 5.69 Å². The average Bonchev–Trinajstić information content (AvgIpc) is 2.39. The molecule has 0 fully saturated rings. The molecule has 0 bridgehead atoms. The first-order valence-electron chi connectivity index (χ1n) is 6.45. The topological polar surface area (TPSA) is 84.2 Å². The molecule has 1 atom stereocenters. The summed E-state index contributed by atoms with van der Waals surface area (Å²) in [7, 11) is -3.48. The monoisotopic (exact) mass is 285 g/mol. The maximum Gasteiger partial charge on any atom is 0.242 e. The molecule has 0 saturated carbocycles. The van der Waals surface area contributed by atoms with Crippen LogP contribution in [0.25, 0.3) is 0 Å². The highest BCUT2D eigenvalue weighted by atomic mass is 32.2. The summed E-state index contributed by atoms with van der Waals surface area (Å²) in [4.78, 5) is 0.255. The van der Waals surface area contributed by atoms with Crippen molar-refractivity contribution in [2.24, 2.45) is 5.73 Å². The number of nitrogens with one attached hydrogen (secondary N) is 2. The molecule has 0 aliphatic carbocycles. The van der Waals surface area contributed by atoms with Crippen molar-refractivity contribution in [3.8, 4) is 0 Å². The Morgan fingerprint density at radius 3 is 2.42 bits per heavy atom. The van der Waals surface area contributed by atoms with Gasteiger partial charge >= 0.3 is 0 Å². The molecule has 0 aliphatic heterocycles. The van der Waals surface area contributed by atoms with E-state index in [1.807, 2.05) is 13.8 Å². The molecule has 108 valence electrons. The third-order valence-electron chi connectivity index (χ3n) is 3.18. The van der Waals surface area contributed by atoms with Gasteiger partial charge in [0.25, 0.3) is 0 Å². The maximum atomic E-state index is 12.1. The quantitative estimate of drug-likeness (QED) is 0.709. The van der Waals surface area contributed by atoms with Gasteiger partial charge in [-0.3, -0.25) is 0 Å². The van der Waals surface area contributed by atoms with Gasteiger partial charge in [-0.15, -0.1) is 0 Å². The Bertz CT molecular complexity index is 510. The molecule has 0 radical (unpaired) electrons. The Morgan fingerprint density at radius 1 is 1.26 bits per heavy atom. The second-order valence-electron chi connectivity index (χ2n) is 4.74. The van der Waals surface area contributed by atoms with Crippen molar-refractivity contribution in [3.63, 3.8) is 0 Å². The number of sulfonamides is 1. The maximum absolute atomic E-state index is 12.1. The standard InChI is InChI=1S/C13H23N3O2S/c1-4-13(3,10-14)16-11-8-6-7-9-12(11)19(17,18)15-5-2/h6-9,15-16H,4-5,10,14H2,1-3H3. The number of hydrogen-bond acceptors (Lipinski definition) is 4. The molecule has 0 heterocycles. The summed E-state index contributed by atoms with van der Waals surface area (Å²) in [6.45, 7) is 6.53. The van der Waals surface area contributed by atoms with E-state index >= 15 is 0 Å². The van der Waals surface area contributed by atoms with Gasteiger partial charge in [-0.1, -0.05) is 26.0 Å². The van der Waals surface area contributed by atoms with Gasteiger partial charge in [-0.05, 0) is 25.5 Å². The van der Waals surface area contributed by atoms with Gasteiger partial charge in [0.1, 0.15) is 4.90 Å². The summed E-state index contributed by atoms with van der Waals surface area (Å²) < 4.78 is 26.8. The molecular weight excluding hydrogens is 262 g/mol. The molecule has 0 aliphatic rings. The van der Waals surface area contributed by atoms with E-state index < -0.39 is 10.0 Å². The van der Waals surface area contributed by atoms with Crippen molar-refractivity contribution >= 4 is 15.7 Å². The van der Waals surface area contributed by atoms with Crippen LogP contribution in [0, 0.1) is 0 Å². The van der Waals surface area contributed by atoms with Gasteiger partial charge < -0.3 is 11.1 Å². The summed E-state index contributed by atoms with van der Waals surface area (Å²) in [5, 5.41) is 3.24. The third kappa shape index (κ3) is 3.92. The lowest BCUT2D eigenvalue weighted by molar-refractivity contribution is 0.505. The molecule has 5 nitrogen and oxygen atoms in total. The largest absolute Gasteiger partial charge is 0.378 e. The first-order chi connectivity index (χ1) is 8.88. The first-order valence-corrected chi connectivity index (χ1v) is 7.94. The van der Waals surface area contributed by atoms with E-state index in [9.17, 15) is 8.42 Å². The molecule has 6 heteroatoms. The molecule has 0 amide bonds. The number of para-hydroxylation sites is 1. The highest BCUT2D eigenvalue weighted by Gasteiger charge is 2.24. The van der Waals surface area contributed by atoms with Crippen LogP contribution in [0.5, 0.6) is 0 Å². The predicted octanol–water partition coefficient (Wildman–Crippen LogP) is 1.52. The van der Waals surface area contributed by atoms with Crippen molar-refractivity contribution in [1.82, 2.24) is 4.72 Å². The zero-order valence-electron chi connectivity index (χ0n) is 11.7. The third-order valence-corrected chi connectivity index (χ3v) is 4.78. The van der Waals surface area contributed by atoms with E-state index in [4.69, 9.17) is 5.73 Å². The van der Waals surface area contributed by atoms with Crippen LogP contribution in [0.2, 0.25) is 0 Å². The molecule has 19 heavy (non-hydrogen) atoms. The van der Waals surface area contributed by atoms with Crippen LogP contribution in [0.4, 0.5) is 5.69 Å². The fourth-order valence-corrected chi connectivity index (χ4v) is 2.88. The van der Waals surface area contributed by atoms with Gasteiger partial charge in [0.2, 0.25) is 10.0 Å². The van der Waals surface area contributed by atoms with Crippen LogP contribution in [0.3, 0.4) is 0 Å². The Morgan fingerprint density at radius 2 is 1.89 bits per heavy atom. The molecule has 0 aromatic heterocycles. The minimum Gasteiger partial charge on any atom is -0.378 e. The number of hydrogen-bond donors (Lipinski definition) is 3. The van der Waals surface area contributed by atoms with Gasteiger partial charge in [0, 0.05) is 18.6 Å². The van der Waals surface area contributed by atoms with Gasteiger partial charge in [-0.25, -0.2) is 13.1 Å². The van der Waals surface area contributed by atoms with Crippen molar-refractivity contribution in [3.05, 3.63) is 24.3 Å². The first kappa shape index (κ1) is 15.9. The van der Waals surface area contributed by atoms with Crippen LogP contribution in [-0.4, -0.2) is 27.0 Å². The Labute approximate surface area is 115 Å². The SMILES string of the molecule is CCNS(=O)(=O)c1ccccc1NC(C)(CC)CN. The van der Waals surface area contributed by atoms with E-state index in [1.165, 1.54) is 0 Å². The highest BCUT2D eigenvalue weighted by Crippen LogP contribution is 2.25. The Balaban J connectivity index is 3.17. The van der Waals surface area contributed by atoms with Crippen LogP contribution < -0.4 is 15.8 Å². The lowest BCUT2D eigenvalue weighted by Crippen LogP contribution is -2.42. The van der Waals surface area contributed by atoms with Gasteiger partial charge in [0.15, 0.2) is 0 Å². The second kappa shape index (κ2) is 6.36. The van der Waals surface area contributed by atoms with Crippen LogP contribution >= 0.6 is 0 Å². The summed E-state index contributed by atoms with van der Waals surface area (Å²) in [6, 6.07) is 6.86. The summed E-state index contributed by atoms with van der Waals surface area (Å²) in [5.41, 5.74) is 6.02. The normalized spacial score (nSPS) is 14.9. The molecule has 1 unspecified atom stereocenters. The average molecular weight is 285 g/mol. The summed E-state index contributed by atoms with van der Waals surface area (Å²) in [6.07, 6.45) is 0.805. The zero-order chi connectivity index (χ0) is 14.5. The molecule has 1 rings (SSSR count).